The molecule has 1 aromatic carbocycles. The molecule has 0 radical (unpaired) electrons. The number of benzene rings is 1. The van der Waals surface area contributed by atoms with Gasteiger partial charge in [0.2, 0.25) is 0 Å². The zero-order valence-corrected chi connectivity index (χ0v) is 8.99. The molecule has 2 aromatic rings. The molecular formula is C11H10F3N3. The fourth-order valence-electron chi connectivity index (χ4n) is 1.62. The van der Waals surface area contributed by atoms with E-state index in [9.17, 15) is 13.2 Å². The van der Waals surface area contributed by atoms with Gasteiger partial charge in [-0.2, -0.15) is 13.2 Å². The number of anilines is 1. The van der Waals surface area contributed by atoms with Crippen LogP contribution in [-0.2, 0) is 6.18 Å². The number of alkyl halides is 3. The first kappa shape index (κ1) is 11.5. The molecule has 0 aliphatic heterocycles. The molecule has 6 heteroatoms. The Kier molecular flexibility index (Phi) is 2.57. The molecule has 0 fully saturated rings. The van der Waals surface area contributed by atoms with Crippen molar-refractivity contribution in [3.05, 3.63) is 42.0 Å². The van der Waals surface area contributed by atoms with Gasteiger partial charge in [-0.3, -0.25) is 0 Å². The molecular weight excluding hydrogens is 231 g/mol. The van der Waals surface area contributed by atoms with Gasteiger partial charge in [0.15, 0.2) is 0 Å². The summed E-state index contributed by atoms with van der Waals surface area (Å²) in [5.74, 6) is 0.486. The second-order valence-electron chi connectivity index (χ2n) is 3.62. The zero-order valence-electron chi connectivity index (χ0n) is 8.99. The minimum Gasteiger partial charge on any atom is -0.399 e. The fraction of sp³-hybridized carbons (Fsp3) is 0.182. The summed E-state index contributed by atoms with van der Waals surface area (Å²) in [6.45, 7) is 1.64. The lowest BCUT2D eigenvalue weighted by Gasteiger charge is -2.15. The second kappa shape index (κ2) is 3.80. The smallest absolute Gasteiger partial charge is 0.399 e. The summed E-state index contributed by atoms with van der Waals surface area (Å²) in [4.78, 5) is 3.90. The molecule has 17 heavy (non-hydrogen) atoms. The van der Waals surface area contributed by atoms with E-state index in [1.54, 1.807) is 6.92 Å². The third-order valence-corrected chi connectivity index (χ3v) is 2.41. The average Bonchev–Trinajstić information content (AvgIpc) is 2.63. The number of hydrogen-bond acceptors (Lipinski definition) is 2. The molecule has 1 heterocycles. The highest BCUT2D eigenvalue weighted by molar-refractivity contribution is 5.53. The lowest BCUT2D eigenvalue weighted by atomic mass is 10.1. The van der Waals surface area contributed by atoms with Crippen LogP contribution >= 0.6 is 0 Å². The highest BCUT2D eigenvalue weighted by Gasteiger charge is 2.34. The summed E-state index contributed by atoms with van der Waals surface area (Å²) in [7, 11) is 0. The Balaban J connectivity index is 2.67. The van der Waals surface area contributed by atoms with Crippen LogP contribution in [0, 0.1) is 6.92 Å². The number of hydrogen-bond donors (Lipinski definition) is 1. The Morgan fingerprint density at radius 2 is 2.00 bits per heavy atom. The van der Waals surface area contributed by atoms with Crippen molar-refractivity contribution in [1.29, 1.82) is 0 Å². The Morgan fingerprint density at radius 3 is 2.53 bits per heavy atom. The number of imidazole rings is 1. The fourth-order valence-corrected chi connectivity index (χ4v) is 1.62. The van der Waals surface area contributed by atoms with E-state index in [1.165, 1.54) is 29.1 Å². The van der Waals surface area contributed by atoms with Crippen LogP contribution in [0.1, 0.15) is 11.4 Å². The van der Waals surface area contributed by atoms with Gasteiger partial charge < -0.3 is 10.3 Å². The van der Waals surface area contributed by atoms with E-state index in [4.69, 9.17) is 5.73 Å². The SMILES string of the molecule is Cc1nccn1-c1ccc(N)cc1C(F)(F)F. The van der Waals surface area contributed by atoms with Crippen molar-refractivity contribution in [3.63, 3.8) is 0 Å². The monoisotopic (exact) mass is 241 g/mol. The van der Waals surface area contributed by atoms with Crippen molar-refractivity contribution in [1.82, 2.24) is 9.55 Å². The van der Waals surface area contributed by atoms with Crippen LogP contribution in [0.5, 0.6) is 0 Å². The second-order valence-corrected chi connectivity index (χ2v) is 3.62. The Bertz CT molecular complexity index is 543. The van der Waals surface area contributed by atoms with Crippen molar-refractivity contribution in [2.45, 2.75) is 13.1 Å². The topological polar surface area (TPSA) is 43.8 Å². The van der Waals surface area contributed by atoms with Crippen molar-refractivity contribution in [2.75, 3.05) is 5.73 Å². The van der Waals surface area contributed by atoms with E-state index < -0.39 is 11.7 Å². The number of nitrogens with zero attached hydrogens (tertiary/aromatic N) is 2. The van der Waals surface area contributed by atoms with Crippen molar-refractivity contribution in [2.24, 2.45) is 0 Å². The maximum Gasteiger partial charge on any atom is 0.418 e. The van der Waals surface area contributed by atoms with Gasteiger partial charge in [-0.1, -0.05) is 0 Å². The molecule has 0 saturated heterocycles. The molecule has 90 valence electrons. The van der Waals surface area contributed by atoms with Crippen LogP contribution in [0.4, 0.5) is 18.9 Å². The van der Waals surface area contributed by atoms with E-state index in [0.29, 0.717) is 5.82 Å². The standard InChI is InChI=1S/C11H10F3N3/c1-7-16-4-5-17(7)10-3-2-8(15)6-9(10)11(12,13)14/h2-6H,15H2,1H3. The summed E-state index contributed by atoms with van der Waals surface area (Å²) >= 11 is 0. The lowest BCUT2D eigenvalue weighted by Crippen LogP contribution is -2.11. The summed E-state index contributed by atoms with van der Waals surface area (Å²) < 4.78 is 40.0. The molecule has 2 N–H and O–H groups in total. The summed E-state index contributed by atoms with van der Waals surface area (Å²) in [6, 6.07) is 3.70. The van der Waals surface area contributed by atoms with Crippen LogP contribution in [0.25, 0.3) is 5.69 Å². The first-order chi connectivity index (χ1) is 7.89. The van der Waals surface area contributed by atoms with E-state index in [1.807, 2.05) is 0 Å². The Morgan fingerprint density at radius 1 is 1.29 bits per heavy atom. The average molecular weight is 241 g/mol. The molecule has 0 atom stereocenters. The van der Waals surface area contributed by atoms with Crippen molar-refractivity contribution < 1.29 is 13.2 Å². The highest BCUT2D eigenvalue weighted by Crippen LogP contribution is 2.35. The number of halogens is 3. The normalized spacial score (nSPS) is 11.8. The first-order valence-electron chi connectivity index (χ1n) is 4.86. The van der Waals surface area contributed by atoms with Crippen molar-refractivity contribution >= 4 is 5.69 Å². The molecule has 2 rings (SSSR count). The molecule has 0 unspecified atom stereocenters. The molecule has 0 amide bonds. The van der Waals surface area contributed by atoms with Crippen LogP contribution in [0.15, 0.2) is 30.6 Å². The van der Waals surface area contributed by atoms with E-state index in [-0.39, 0.29) is 11.4 Å². The highest BCUT2D eigenvalue weighted by atomic mass is 19.4. The number of aromatic nitrogens is 2. The minimum atomic E-state index is -4.44. The van der Waals surface area contributed by atoms with E-state index in [2.05, 4.69) is 4.98 Å². The van der Waals surface area contributed by atoms with E-state index >= 15 is 0 Å². The lowest BCUT2D eigenvalue weighted by molar-refractivity contribution is -0.137. The number of aryl methyl sites for hydroxylation is 1. The molecule has 0 spiro atoms. The molecule has 0 aliphatic rings. The molecule has 1 aromatic heterocycles. The third-order valence-electron chi connectivity index (χ3n) is 2.41. The van der Waals surface area contributed by atoms with Gasteiger partial charge in [0.1, 0.15) is 5.82 Å². The predicted molar refractivity (Wildman–Crippen MR) is 57.7 cm³/mol. The third kappa shape index (κ3) is 2.11. The van der Waals surface area contributed by atoms with Crippen LogP contribution in [0.2, 0.25) is 0 Å². The van der Waals surface area contributed by atoms with Gasteiger partial charge in [0.25, 0.3) is 0 Å². The van der Waals surface area contributed by atoms with Crippen LogP contribution < -0.4 is 5.73 Å². The molecule has 0 bridgehead atoms. The Labute approximate surface area is 95.7 Å². The summed E-state index contributed by atoms with van der Waals surface area (Å²) in [6.07, 6.45) is -1.51. The maximum atomic E-state index is 12.9. The van der Waals surface area contributed by atoms with Crippen LogP contribution in [-0.4, -0.2) is 9.55 Å². The quantitative estimate of drug-likeness (QED) is 0.780. The summed E-state index contributed by atoms with van der Waals surface area (Å²) in [5, 5.41) is 0. The predicted octanol–water partition coefficient (Wildman–Crippen LogP) is 2.78. The number of rotatable bonds is 1. The van der Waals surface area contributed by atoms with Gasteiger partial charge in [0.05, 0.1) is 11.3 Å². The number of nitrogen functional groups attached to an aromatic ring is 1. The molecule has 0 aliphatic carbocycles. The molecule has 0 saturated carbocycles. The largest absolute Gasteiger partial charge is 0.418 e. The first-order valence-corrected chi connectivity index (χ1v) is 4.86. The van der Waals surface area contributed by atoms with Gasteiger partial charge >= 0.3 is 6.18 Å². The number of nitrogens with two attached hydrogens (primary N) is 1. The van der Waals surface area contributed by atoms with E-state index in [0.717, 1.165) is 6.07 Å². The minimum absolute atomic E-state index is 0.0294. The van der Waals surface area contributed by atoms with Crippen LogP contribution in [0.3, 0.4) is 0 Å². The summed E-state index contributed by atoms with van der Waals surface area (Å²) in [5.41, 5.74) is 4.74. The van der Waals surface area contributed by atoms with Crippen molar-refractivity contribution in [3.8, 4) is 5.69 Å². The van der Waals surface area contributed by atoms with Gasteiger partial charge in [0, 0.05) is 18.1 Å². The van der Waals surface area contributed by atoms with Gasteiger partial charge in [-0.15, -0.1) is 0 Å². The van der Waals surface area contributed by atoms with Gasteiger partial charge in [-0.05, 0) is 25.1 Å². The maximum absolute atomic E-state index is 12.9. The Hall–Kier alpha value is -1.98. The molecule has 3 nitrogen and oxygen atoms in total. The zero-order chi connectivity index (χ0) is 12.6. The van der Waals surface area contributed by atoms with Gasteiger partial charge in [-0.25, -0.2) is 4.98 Å².